The van der Waals surface area contributed by atoms with E-state index in [2.05, 4.69) is 12.2 Å². The fourth-order valence-corrected chi connectivity index (χ4v) is 4.86. The highest BCUT2D eigenvalue weighted by Crippen LogP contribution is 2.42. The Hall–Kier alpha value is -1.99. The first-order valence-corrected chi connectivity index (χ1v) is 9.86. The first-order chi connectivity index (χ1) is 12.1. The molecule has 132 valence electrons. The molecule has 0 aliphatic carbocycles. The number of carbonyl (C=O) groups excluding carboxylic acids is 2. The second-order valence-corrected chi connectivity index (χ2v) is 8.02. The molecule has 5 nitrogen and oxygen atoms in total. The average molecular weight is 377 g/mol. The predicted octanol–water partition coefficient (Wildman–Crippen LogP) is 3.07. The van der Waals surface area contributed by atoms with E-state index in [0.717, 1.165) is 27.6 Å². The van der Waals surface area contributed by atoms with Crippen LogP contribution in [0.25, 0.3) is 0 Å². The number of rotatable bonds is 6. The molecule has 0 saturated carbocycles. The molecule has 1 aliphatic rings. The number of methoxy groups -OCH3 is 1. The van der Waals surface area contributed by atoms with Crippen LogP contribution in [0.4, 0.5) is 5.69 Å². The lowest BCUT2D eigenvalue weighted by molar-refractivity contribution is -0.123. The van der Waals surface area contributed by atoms with Crippen LogP contribution in [0.1, 0.15) is 17.4 Å². The molecule has 2 heterocycles. The Morgan fingerprint density at radius 1 is 1.36 bits per heavy atom. The summed E-state index contributed by atoms with van der Waals surface area (Å²) in [5.74, 6) is 0.956. The van der Waals surface area contributed by atoms with E-state index in [1.807, 2.05) is 30.3 Å². The molecule has 2 aromatic rings. The minimum Gasteiger partial charge on any atom is -0.497 e. The van der Waals surface area contributed by atoms with Gasteiger partial charge >= 0.3 is 0 Å². The minimum absolute atomic E-state index is 0.0190. The van der Waals surface area contributed by atoms with Crippen molar-refractivity contribution in [2.24, 2.45) is 0 Å². The van der Waals surface area contributed by atoms with Crippen molar-refractivity contribution in [2.75, 3.05) is 24.3 Å². The first-order valence-electron chi connectivity index (χ1n) is 8.06. The number of thiophene rings is 1. The molecule has 25 heavy (non-hydrogen) atoms. The summed E-state index contributed by atoms with van der Waals surface area (Å²) >= 11 is 3.27. The van der Waals surface area contributed by atoms with Crippen LogP contribution in [0.3, 0.4) is 0 Å². The zero-order chi connectivity index (χ0) is 17.8. The zero-order valence-corrected chi connectivity index (χ0v) is 15.8. The van der Waals surface area contributed by atoms with Gasteiger partial charge in [-0.2, -0.15) is 0 Å². The second-order valence-electron chi connectivity index (χ2n) is 5.64. The molecular formula is C18H20N2O3S2. The molecule has 1 N–H and O–H groups in total. The van der Waals surface area contributed by atoms with Gasteiger partial charge in [-0.1, -0.05) is 19.1 Å². The second kappa shape index (κ2) is 7.93. The largest absolute Gasteiger partial charge is 0.497 e. The van der Waals surface area contributed by atoms with Crippen LogP contribution < -0.4 is 15.0 Å². The Balaban J connectivity index is 1.64. The standard InChI is InChI=1S/C18H20N2O3S2/c1-3-14-8-15-18(25-14)24-11-17(22)20(15)10-16(21)19-9-12-5-4-6-13(7-12)23-2/h4-8H,3,9-11H2,1-2H3,(H,19,21). The fourth-order valence-electron chi connectivity index (χ4n) is 2.57. The molecule has 0 bridgehead atoms. The summed E-state index contributed by atoms with van der Waals surface area (Å²) in [6.45, 7) is 2.55. The summed E-state index contributed by atoms with van der Waals surface area (Å²) in [4.78, 5) is 27.4. The van der Waals surface area contributed by atoms with Gasteiger partial charge in [0.25, 0.3) is 0 Å². The SMILES string of the molecule is CCc1cc2c(s1)SCC(=O)N2CC(=O)NCc1cccc(OC)c1. The number of carbonyl (C=O) groups is 2. The fraction of sp³-hybridized carbons (Fsp3) is 0.333. The summed E-state index contributed by atoms with van der Waals surface area (Å²) in [5, 5.41) is 2.88. The maximum Gasteiger partial charge on any atom is 0.240 e. The van der Waals surface area contributed by atoms with Crippen molar-refractivity contribution in [2.45, 2.75) is 24.1 Å². The van der Waals surface area contributed by atoms with Crippen LogP contribution in [0.2, 0.25) is 0 Å². The number of aryl methyl sites for hydroxylation is 1. The van der Waals surface area contributed by atoms with Crippen molar-refractivity contribution in [1.82, 2.24) is 5.32 Å². The number of benzene rings is 1. The molecular weight excluding hydrogens is 356 g/mol. The molecule has 0 unspecified atom stereocenters. The van der Waals surface area contributed by atoms with Gasteiger partial charge in [-0.05, 0) is 30.2 Å². The molecule has 1 aromatic heterocycles. The highest BCUT2D eigenvalue weighted by Gasteiger charge is 2.28. The topological polar surface area (TPSA) is 58.6 Å². The first kappa shape index (κ1) is 17.8. The van der Waals surface area contributed by atoms with Gasteiger partial charge in [0.05, 0.1) is 22.8 Å². The molecule has 1 aromatic carbocycles. The van der Waals surface area contributed by atoms with Gasteiger partial charge in [-0.25, -0.2) is 0 Å². The summed E-state index contributed by atoms with van der Waals surface area (Å²) < 4.78 is 6.30. The van der Waals surface area contributed by atoms with Crippen molar-refractivity contribution in [1.29, 1.82) is 0 Å². The maximum absolute atomic E-state index is 12.3. The lowest BCUT2D eigenvalue weighted by Crippen LogP contribution is -2.42. The highest BCUT2D eigenvalue weighted by molar-refractivity contribution is 8.02. The van der Waals surface area contributed by atoms with Crippen molar-refractivity contribution < 1.29 is 14.3 Å². The molecule has 3 rings (SSSR count). The predicted molar refractivity (Wildman–Crippen MR) is 102 cm³/mol. The van der Waals surface area contributed by atoms with Crippen molar-refractivity contribution in [3.05, 3.63) is 40.8 Å². The van der Waals surface area contributed by atoms with Crippen molar-refractivity contribution >= 4 is 40.6 Å². The highest BCUT2D eigenvalue weighted by atomic mass is 32.2. The van der Waals surface area contributed by atoms with E-state index in [4.69, 9.17) is 4.74 Å². The number of hydrogen-bond acceptors (Lipinski definition) is 5. The number of nitrogens with zero attached hydrogens (tertiary/aromatic N) is 1. The number of anilines is 1. The van der Waals surface area contributed by atoms with Gasteiger partial charge in [-0.3, -0.25) is 9.59 Å². The summed E-state index contributed by atoms with van der Waals surface area (Å²) in [7, 11) is 1.61. The summed E-state index contributed by atoms with van der Waals surface area (Å²) in [6.07, 6.45) is 0.933. The number of hydrogen-bond donors (Lipinski definition) is 1. The van der Waals surface area contributed by atoms with Crippen LogP contribution in [-0.2, 0) is 22.6 Å². The zero-order valence-electron chi connectivity index (χ0n) is 14.2. The summed E-state index contributed by atoms with van der Waals surface area (Å²) in [5.41, 5.74) is 1.83. The van der Waals surface area contributed by atoms with E-state index < -0.39 is 0 Å². The van der Waals surface area contributed by atoms with Crippen LogP contribution >= 0.6 is 23.1 Å². The Bertz CT molecular complexity index is 788. The van der Waals surface area contributed by atoms with Crippen molar-refractivity contribution in [3.63, 3.8) is 0 Å². The van der Waals surface area contributed by atoms with Gasteiger partial charge in [-0.15, -0.1) is 23.1 Å². The maximum atomic E-state index is 12.3. The number of fused-ring (bicyclic) bond motifs is 1. The van der Waals surface area contributed by atoms with Crippen LogP contribution in [0.15, 0.2) is 34.5 Å². The van der Waals surface area contributed by atoms with E-state index in [9.17, 15) is 9.59 Å². The van der Waals surface area contributed by atoms with E-state index >= 15 is 0 Å². The monoisotopic (exact) mass is 376 g/mol. The van der Waals surface area contributed by atoms with E-state index in [-0.39, 0.29) is 18.4 Å². The van der Waals surface area contributed by atoms with Gasteiger partial charge in [0, 0.05) is 11.4 Å². The van der Waals surface area contributed by atoms with E-state index in [0.29, 0.717) is 12.3 Å². The number of amides is 2. The lowest BCUT2D eigenvalue weighted by Gasteiger charge is -2.25. The molecule has 0 atom stereocenters. The normalized spacial score (nSPS) is 13.5. The molecule has 2 amide bonds. The van der Waals surface area contributed by atoms with E-state index in [1.165, 1.54) is 4.88 Å². The van der Waals surface area contributed by atoms with Crippen LogP contribution in [0.5, 0.6) is 5.75 Å². The van der Waals surface area contributed by atoms with Crippen molar-refractivity contribution in [3.8, 4) is 5.75 Å². The Kier molecular flexibility index (Phi) is 5.65. The Morgan fingerprint density at radius 2 is 2.20 bits per heavy atom. The molecule has 1 aliphatic heterocycles. The quantitative estimate of drug-likeness (QED) is 0.842. The van der Waals surface area contributed by atoms with E-state index in [1.54, 1.807) is 35.1 Å². The Labute approximate surface area is 155 Å². The molecule has 0 radical (unpaired) electrons. The van der Waals surface area contributed by atoms with Gasteiger partial charge in [0.15, 0.2) is 0 Å². The third-order valence-electron chi connectivity index (χ3n) is 3.92. The number of nitrogens with one attached hydrogen (secondary N) is 1. The molecule has 0 saturated heterocycles. The average Bonchev–Trinajstić information content (AvgIpc) is 3.06. The molecule has 0 fully saturated rings. The molecule has 7 heteroatoms. The van der Waals surface area contributed by atoms with Gasteiger partial charge < -0.3 is 15.0 Å². The third kappa shape index (κ3) is 4.16. The van der Waals surface area contributed by atoms with Gasteiger partial charge in [0.2, 0.25) is 11.8 Å². The van der Waals surface area contributed by atoms with Crippen LogP contribution in [-0.4, -0.2) is 31.2 Å². The van der Waals surface area contributed by atoms with Gasteiger partial charge in [0.1, 0.15) is 12.3 Å². The summed E-state index contributed by atoms with van der Waals surface area (Å²) in [6, 6.07) is 9.58. The van der Waals surface area contributed by atoms with Crippen LogP contribution in [0, 0.1) is 0 Å². The number of thioether (sulfide) groups is 1. The number of ether oxygens (including phenoxy) is 1. The molecule has 0 spiro atoms. The lowest BCUT2D eigenvalue weighted by atomic mass is 10.2. The Morgan fingerprint density at radius 3 is 2.96 bits per heavy atom. The smallest absolute Gasteiger partial charge is 0.240 e. The minimum atomic E-state index is -0.168. The third-order valence-corrected chi connectivity index (χ3v) is 6.45.